The smallest absolute Gasteiger partial charge is 0.273 e. The van der Waals surface area contributed by atoms with Gasteiger partial charge in [0.2, 0.25) is 0 Å². The van der Waals surface area contributed by atoms with Gasteiger partial charge in [-0.15, -0.1) is 0 Å². The fourth-order valence-corrected chi connectivity index (χ4v) is 1.51. The first-order chi connectivity index (χ1) is 8.99. The van der Waals surface area contributed by atoms with Crippen molar-refractivity contribution in [1.82, 2.24) is 9.78 Å². The van der Waals surface area contributed by atoms with Crippen molar-refractivity contribution in [2.45, 2.75) is 0 Å². The van der Waals surface area contributed by atoms with E-state index in [1.165, 1.54) is 16.9 Å². The lowest BCUT2D eigenvalue weighted by Gasteiger charge is -2.06. The van der Waals surface area contributed by atoms with E-state index in [9.17, 15) is 19.3 Å². The molecule has 2 aromatic rings. The van der Waals surface area contributed by atoms with E-state index in [1.54, 1.807) is 7.05 Å². The molecule has 1 amide bonds. The molecule has 0 radical (unpaired) electrons. The standard InChI is InChI=1S/C11H9FN4O3/c1-15-10(4-5-13-15)11(17)14-9-6-7(16(18)19)2-3-8(9)12/h2-6H,1H3,(H,14,17). The summed E-state index contributed by atoms with van der Waals surface area (Å²) in [5, 5.41) is 16.7. The van der Waals surface area contributed by atoms with Crippen molar-refractivity contribution in [3.63, 3.8) is 0 Å². The van der Waals surface area contributed by atoms with Gasteiger partial charge in [0.15, 0.2) is 0 Å². The highest BCUT2D eigenvalue weighted by atomic mass is 19.1. The molecule has 0 bridgehead atoms. The largest absolute Gasteiger partial charge is 0.318 e. The van der Waals surface area contributed by atoms with Crippen molar-refractivity contribution in [3.8, 4) is 0 Å². The predicted octanol–water partition coefficient (Wildman–Crippen LogP) is 1.72. The first kappa shape index (κ1) is 12.7. The van der Waals surface area contributed by atoms with Gasteiger partial charge in [-0.1, -0.05) is 0 Å². The van der Waals surface area contributed by atoms with Gasteiger partial charge in [-0.05, 0) is 12.1 Å². The number of carbonyl (C=O) groups excluding carboxylic acids is 1. The van der Waals surface area contributed by atoms with E-state index < -0.39 is 16.6 Å². The highest BCUT2D eigenvalue weighted by Gasteiger charge is 2.15. The van der Waals surface area contributed by atoms with Gasteiger partial charge >= 0.3 is 0 Å². The van der Waals surface area contributed by atoms with E-state index in [2.05, 4.69) is 10.4 Å². The van der Waals surface area contributed by atoms with Crippen molar-refractivity contribution in [3.05, 3.63) is 52.1 Å². The van der Waals surface area contributed by atoms with Crippen LogP contribution in [0.2, 0.25) is 0 Å². The van der Waals surface area contributed by atoms with Gasteiger partial charge in [0, 0.05) is 25.4 Å². The van der Waals surface area contributed by atoms with E-state index in [0.29, 0.717) is 0 Å². The van der Waals surface area contributed by atoms with E-state index in [1.807, 2.05) is 0 Å². The number of hydrogen-bond donors (Lipinski definition) is 1. The number of nitrogens with zero attached hydrogens (tertiary/aromatic N) is 3. The highest BCUT2D eigenvalue weighted by Crippen LogP contribution is 2.21. The minimum atomic E-state index is -0.749. The number of carbonyl (C=O) groups is 1. The molecule has 7 nitrogen and oxygen atoms in total. The number of hydrogen-bond acceptors (Lipinski definition) is 4. The number of nitrogens with one attached hydrogen (secondary N) is 1. The van der Waals surface area contributed by atoms with Crippen LogP contribution in [0.4, 0.5) is 15.8 Å². The normalized spacial score (nSPS) is 10.2. The third-order valence-electron chi connectivity index (χ3n) is 2.46. The van der Waals surface area contributed by atoms with Crippen LogP contribution in [0.3, 0.4) is 0 Å². The van der Waals surface area contributed by atoms with E-state index in [-0.39, 0.29) is 17.1 Å². The van der Waals surface area contributed by atoms with Gasteiger partial charge < -0.3 is 5.32 Å². The molecule has 0 aliphatic heterocycles. The average Bonchev–Trinajstić information content (AvgIpc) is 2.78. The Labute approximate surface area is 106 Å². The fraction of sp³-hybridized carbons (Fsp3) is 0.0909. The Morgan fingerprint density at radius 2 is 2.21 bits per heavy atom. The van der Waals surface area contributed by atoms with Gasteiger partial charge in [-0.2, -0.15) is 5.10 Å². The molecule has 1 aromatic heterocycles. The third-order valence-corrected chi connectivity index (χ3v) is 2.46. The molecule has 1 aromatic carbocycles. The number of amides is 1. The zero-order chi connectivity index (χ0) is 14.0. The number of halogens is 1. The van der Waals surface area contributed by atoms with Crippen molar-refractivity contribution < 1.29 is 14.1 Å². The molecule has 0 saturated carbocycles. The second-order valence-corrected chi connectivity index (χ2v) is 3.72. The summed E-state index contributed by atoms with van der Waals surface area (Å²) in [4.78, 5) is 21.7. The van der Waals surface area contributed by atoms with Crippen LogP contribution in [0.5, 0.6) is 0 Å². The fourth-order valence-electron chi connectivity index (χ4n) is 1.51. The van der Waals surface area contributed by atoms with Gasteiger partial charge in [-0.25, -0.2) is 4.39 Å². The lowest BCUT2D eigenvalue weighted by molar-refractivity contribution is -0.384. The Morgan fingerprint density at radius 3 is 2.79 bits per heavy atom. The lowest BCUT2D eigenvalue weighted by atomic mass is 10.2. The monoisotopic (exact) mass is 264 g/mol. The molecule has 0 aliphatic carbocycles. The van der Waals surface area contributed by atoms with Crippen LogP contribution in [0.1, 0.15) is 10.5 Å². The summed E-state index contributed by atoms with van der Waals surface area (Å²) >= 11 is 0. The molecule has 1 N–H and O–H groups in total. The molecule has 0 saturated heterocycles. The molecule has 0 atom stereocenters. The summed E-state index contributed by atoms with van der Waals surface area (Å²) in [6.07, 6.45) is 1.42. The van der Waals surface area contributed by atoms with Crippen molar-refractivity contribution in [2.75, 3.05) is 5.32 Å². The summed E-state index contributed by atoms with van der Waals surface area (Å²) in [7, 11) is 1.55. The number of rotatable bonds is 3. The molecule has 0 aliphatic rings. The van der Waals surface area contributed by atoms with Crippen molar-refractivity contribution in [1.29, 1.82) is 0 Å². The van der Waals surface area contributed by atoms with Crippen LogP contribution in [-0.2, 0) is 7.05 Å². The summed E-state index contributed by atoms with van der Waals surface area (Å²) in [5.74, 6) is -1.35. The van der Waals surface area contributed by atoms with Crippen LogP contribution in [0.15, 0.2) is 30.5 Å². The number of aromatic nitrogens is 2. The van der Waals surface area contributed by atoms with Gasteiger partial charge in [0.1, 0.15) is 11.5 Å². The van der Waals surface area contributed by atoms with Crippen LogP contribution in [0, 0.1) is 15.9 Å². The van der Waals surface area contributed by atoms with Crippen LogP contribution < -0.4 is 5.32 Å². The summed E-state index contributed by atoms with van der Waals surface area (Å²) in [6, 6.07) is 4.36. The molecule has 98 valence electrons. The Kier molecular flexibility index (Phi) is 3.23. The topological polar surface area (TPSA) is 90.1 Å². The molecule has 2 rings (SSSR count). The maximum Gasteiger partial charge on any atom is 0.273 e. The molecule has 0 fully saturated rings. The molecule has 0 unspecified atom stereocenters. The zero-order valence-corrected chi connectivity index (χ0v) is 9.83. The van der Waals surface area contributed by atoms with Crippen LogP contribution in [-0.4, -0.2) is 20.6 Å². The van der Waals surface area contributed by atoms with Gasteiger partial charge in [0.05, 0.1) is 10.6 Å². The Bertz CT molecular complexity index is 653. The number of non-ortho nitro benzene ring substituents is 1. The SMILES string of the molecule is Cn1nccc1C(=O)Nc1cc([N+](=O)[O-])ccc1F. The summed E-state index contributed by atoms with van der Waals surface area (Å²) in [6.45, 7) is 0. The summed E-state index contributed by atoms with van der Waals surface area (Å²) in [5.41, 5.74) is -0.340. The highest BCUT2D eigenvalue weighted by molar-refractivity contribution is 6.03. The Morgan fingerprint density at radius 1 is 1.47 bits per heavy atom. The third kappa shape index (κ3) is 2.57. The number of nitro groups is 1. The zero-order valence-electron chi connectivity index (χ0n) is 9.83. The van der Waals surface area contributed by atoms with Gasteiger partial charge in [-0.3, -0.25) is 19.6 Å². The maximum atomic E-state index is 13.5. The summed E-state index contributed by atoms with van der Waals surface area (Å²) < 4.78 is 14.8. The Balaban J connectivity index is 2.28. The molecule has 0 spiro atoms. The Hall–Kier alpha value is -2.77. The number of aryl methyl sites for hydroxylation is 1. The number of nitro benzene ring substituents is 1. The average molecular weight is 264 g/mol. The lowest BCUT2D eigenvalue weighted by Crippen LogP contribution is -2.17. The second-order valence-electron chi connectivity index (χ2n) is 3.72. The van der Waals surface area contributed by atoms with E-state index in [0.717, 1.165) is 18.2 Å². The quantitative estimate of drug-likeness (QED) is 0.675. The maximum absolute atomic E-state index is 13.5. The van der Waals surface area contributed by atoms with Crippen molar-refractivity contribution >= 4 is 17.3 Å². The van der Waals surface area contributed by atoms with Crippen LogP contribution >= 0.6 is 0 Å². The molecule has 19 heavy (non-hydrogen) atoms. The number of benzene rings is 1. The van der Waals surface area contributed by atoms with E-state index >= 15 is 0 Å². The first-order valence-corrected chi connectivity index (χ1v) is 5.22. The molecular weight excluding hydrogens is 255 g/mol. The predicted molar refractivity (Wildman–Crippen MR) is 64.2 cm³/mol. The second kappa shape index (κ2) is 4.84. The first-order valence-electron chi connectivity index (χ1n) is 5.22. The molecular formula is C11H9FN4O3. The number of anilines is 1. The van der Waals surface area contributed by atoms with Gasteiger partial charge in [0.25, 0.3) is 11.6 Å². The van der Waals surface area contributed by atoms with Crippen molar-refractivity contribution in [2.24, 2.45) is 7.05 Å². The minimum absolute atomic E-state index is 0.214. The molecule has 8 heteroatoms. The molecule has 1 heterocycles. The minimum Gasteiger partial charge on any atom is -0.318 e. The van der Waals surface area contributed by atoms with Crippen LogP contribution in [0.25, 0.3) is 0 Å². The van der Waals surface area contributed by atoms with E-state index in [4.69, 9.17) is 0 Å².